The fourth-order valence-electron chi connectivity index (χ4n) is 3.40. The Morgan fingerprint density at radius 3 is 2.62 bits per heavy atom. The summed E-state index contributed by atoms with van der Waals surface area (Å²) in [6.45, 7) is 7.36. The van der Waals surface area contributed by atoms with Crippen molar-refractivity contribution < 1.29 is 14.9 Å². The molecular formula is C20H33ClN2O3. The average Bonchev–Trinajstić information content (AvgIpc) is 2.89. The van der Waals surface area contributed by atoms with E-state index in [0.29, 0.717) is 24.7 Å². The largest absolute Gasteiger partial charge is 0.491 e. The summed E-state index contributed by atoms with van der Waals surface area (Å²) in [4.78, 5) is 4.47. The third-order valence-corrected chi connectivity index (χ3v) is 5.11. The summed E-state index contributed by atoms with van der Waals surface area (Å²) in [6.07, 6.45) is 4.51. The first-order valence-electron chi connectivity index (χ1n) is 9.77. The fraction of sp³-hybridized carbons (Fsp3) is 0.700. The van der Waals surface area contributed by atoms with E-state index in [2.05, 4.69) is 16.7 Å². The summed E-state index contributed by atoms with van der Waals surface area (Å²) in [7, 11) is 0. The van der Waals surface area contributed by atoms with Crippen LogP contribution in [0.1, 0.15) is 38.2 Å². The van der Waals surface area contributed by atoms with Gasteiger partial charge in [0.05, 0.1) is 6.61 Å². The highest BCUT2D eigenvalue weighted by Gasteiger charge is 2.16. The molecule has 1 aliphatic rings. The molecule has 2 N–H and O–H groups in total. The first-order valence-corrected chi connectivity index (χ1v) is 10.1. The van der Waals surface area contributed by atoms with Crippen LogP contribution in [0.25, 0.3) is 0 Å². The SMILES string of the molecule is CCN(CCO)Cc1cc(Cl)ccc1OCC(O)CN1CCCCCC1. The summed E-state index contributed by atoms with van der Waals surface area (Å²) < 4.78 is 5.93. The number of nitrogens with zero attached hydrogens (tertiary/aromatic N) is 2. The first kappa shape index (κ1) is 21.5. The molecule has 0 aliphatic carbocycles. The van der Waals surface area contributed by atoms with E-state index in [4.69, 9.17) is 16.3 Å². The zero-order valence-electron chi connectivity index (χ0n) is 15.9. The third-order valence-electron chi connectivity index (χ3n) is 4.88. The number of ether oxygens (including phenoxy) is 1. The van der Waals surface area contributed by atoms with Crippen molar-refractivity contribution in [3.05, 3.63) is 28.8 Å². The molecule has 0 bridgehead atoms. The predicted molar refractivity (Wildman–Crippen MR) is 106 cm³/mol. The van der Waals surface area contributed by atoms with Crippen LogP contribution in [0.2, 0.25) is 5.02 Å². The predicted octanol–water partition coefficient (Wildman–Crippen LogP) is 2.77. The molecule has 1 saturated heterocycles. The van der Waals surface area contributed by atoms with Gasteiger partial charge in [0.2, 0.25) is 0 Å². The van der Waals surface area contributed by atoms with Gasteiger partial charge in [0.25, 0.3) is 0 Å². The van der Waals surface area contributed by atoms with Gasteiger partial charge in [-0.1, -0.05) is 31.4 Å². The molecule has 0 amide bonds. The van der Waals surface area contributed by atoms with Gasteiger partial charge in [0, 0.05) is 30.2 Å². The van der Waals surface area contributed by atoms with Crippen LogP contribution in [0.4, 0.5) is 0 Å². The maximum atomic E-state index is 10.4. The minimum atomic E-state index is -0.503. The average molecular weight is 385 g/mol. The lowest BCUT2D eigenvalue weighted by Gasteiger charge is -2.24. The van der Waals surface area contributed by atoms with Crippen LogP contribution in [0, 0.1) is 0 Å². The van der Waals surface area contributed by atoms with Crippen molar-refractivity contribution in [3.63, 3.8) is 0 Å². The minimum absolute atomic E-state index is 0.124. The normalized spacial score (nSPS) is 17.3. The lowest BCUT2D eigenvalue weighted by molar-refractivity contribution is 0.0686. The van der Waals surface area contributed by atoms with Gasteiger partial charge < -0.3 is 19.8 Å². The number of aliphatic hydroxyl groups excluding tert-OH is 2. The molecule has 1 aromatic rings. The van der Waals surface area contributed by atoms with Crippen LogP contribution >= 0.6 is 11.6 Å². The van der Waals surface area contributed by atoms with Crippen molar-refractivity contribution in [2.45, 2.75) is 45.3 Å². The van der Waals surface area contributed by atoms with Crippen LogP contribution in [-0.2, 0) is 6.54 Å². The van der Waals surface area contributed by atoms with Gasteiger partial charge in [0.15, 0.2) is 0 Å². The van der Waals surface area contributed by atoms with Gasteiger partial charge in [-0.3, -0.25) is 4.90 Å². The van der Waals surface area contributed by atoms with Crippen molar-refractivity contribution in [3.8, 4) is 5.75 Å². The number of hydrogen-bond acceptors (Lipinski definition) is 5. The standard InChI is InChI=1S/C20H33ClN2O3/c1-2-22(11-12-24)14-17-13-18(21)7-8-20(17)26-16-19(25)15-23-9-5-3-4-6-10-23/h7-8,13,19,24-25H,2-6,9-12,14-16H2,1H3. The number of likely N-dealkylation sites (tertiary alicyclic amines) is 1. The molecule has 1 aliphatic heterocycles. The van der Waals surface area contributed by atoms with Gasteiger partial charge in [-0.2, -0.15) is 0 Å². The minimum Gasteiger partial charge on any atom is -0.491 e. The molecule has 1 fully saturated rings. The number of aliphatic hydroxyl groups is 2. The third kappa shape index (κ3) is 7.41. The van der Waals surface area contributed by atoms with Crippen LogP contribution in [-0.4, -0.2) is 72.1 Å². The monoisotopic (exact) mass is 384 g/mol. The Bertz CT molecular complexity index is 522. The van der Waals surface area contributed by atoms with E-state index in [1.165, 1.54) is 25.7 Å². The fourth-order valence-corrected chi connectivity index (χ4v) is 3.59. The van der Waals surface area contributed by atoms with Crippen molar-refractivity contribution in [1.29, 1.82) is 0 Å². The summed E-state index contributed by atoms with van der Waals surface area (Å²) in [6, 6.07) is 5.57. The van der Waals surface area contributed by atoms with Crippen molar-refractivity contribution in [2.75, 3.05) is 45.9 Å². The lowest BCUT2D eigenvalue weighted by Crippen LogP contribution is -2.36. The Hall–Kier alpha value is -0.850. The van der Waals surface area contributed by atoms with E-state index in [0.717, 1.165) is 30.9 Å². The quantitative estimate of drug-likeness (QED) is 0.649. The lowest BCUT2D eigenvalue weighted by atomic mass is 10.2. The smallest absolute Gasteiger partial charge is 0.124 e. The van der Waals surface area contributed by atoms with E-state index < -0.39 is 6.10 Å². The zero-order chi connectivity index (χ0) is 18.8. The van der Waals surface area contributed by atoms with Gasteiger partial charge >= 0.3 is 0 Å². The maximum absolute atomic E-state index is 10.4. The second-order valence-corrected chi connectivity index (χ2v) is 7.46. The molecule has 1 aromatic carbocycles. The Kier molecular flexibility index (Phi) is 9.72. The highest BCUT2D eigenvalue weighted by molar-refractivity contribution is 6.30. The van der Waals surface area contributed by atoms with Crippen molar-refractivity contribution in [2.24, 2.45) is 0 Å². The second kappa shape index (κ2) is 11.8. The van der Waals surface area contributed by atoms with Crippen LogP contribution in [0.15, 0.2) is 18.2 Å². The maximum Gasteiger partial charge on any atom is 0.124 e. The number of likely N-dealkylation sites (N-methyl/N-ethyl adjacent to an activating group) is 1. The van der Waals surface area contributed by atoms with Gasteiger partial charge in [0.1, 0.15) is 18.5 Å². The topological polar surface area (TPSA) is 56.2 Å². The van der Waals surface area contributed by atoms with E-state index in [1.54, 1.807) is 0 Å². The molecule has 6 heteroatoms. The first-order chi connectivity index (χ1) is 12.6. The molecule has 1 atom stereocenters. The number of benzene rings is 1. The zero-order valence-corrected chi connectivity index (χ0v) is 16.6. The van der Waals surface area contributed by atoms with E-state index >= 15 is 0 Å². The summed E-state index contributed by atoms with van der Waals surface area (Å²) in [5.74, 6) is 0.751. The van der Waals surface area contributed by atoms with Crippen molar-refractivity contribution in [1.82, 2.24) is 9.80 Å². The summed E-state index contributed by atoms with van der Waals surface area (Å²) in [5, 5.41) is 20.2. The molecule has 5 nitrogen and oxygen atoms in total. The van der Waals surface area contributed by atoms with E-state index in [-0.39, 0.29) is 13.2 Å². The molecule has 0 saturated carbocycles. The number of β-amino-alcohol motifs (C(OH)–C–C–N with tert-alkyl or cyclic N) is 1. The van der Waals surface area contributed by atoms with Crippen LogP contribution in [0.3, 0.4) is 0 Å². The molecular weight excluding hydrogens is 352 g/mol. The van der Waals surface area contributed by atoms with E-state index in [1.807, 2.05) is 18.2 Å². The summed E-state index contributed by atoms with van der Waals surface area (Å²) in [5.41, 5.74) is 0.981. The van der Waals surface area contributed by atoms with Crippen LogP contribution in [0.5, 0.6) is 5.75 Å². The number of halogens is 1. The Morgan fingerprint density at radius 2 is 1.96 bits per heavy atom. The van der Waals surface area contributed by atoms with E-state index in [9.17, 15) is 10.2 Å². The van der Waals surface area contributed by atoms with Gasteiger partial charge in [-0.25, -0.2) is 0 Å². The van der Waals surface area contributed by atoms with Crippen molar-refractivity contribution >= 4 is 11.6 Å². The number of rotatable bonds is 10. The molecule has 26 heavy (non-hydrogen) atoms. The van der Waals surface area contributed by atoms with Gasteiger partial charge in [-0.05, 0) is 50.7 Å². The second-order valence-electron chi connectivity index (χ2n) is 7.02. The molecule has 0 aromatic heterocycles. The summed E-state index contributed by atoms with van der Waals surface area (Å²) >= 11 is 6.15. The molecule has 0 spiro atoms. The molecule has 1 heterocycles. The molecule has 148 valence electrons. The van der Waals surface area contributed by atoms with Gasteiger partial charge in [-0.15, -0.1) is 0 Å². The Labute approximate surface area is 162 Å². The Balaban J connectivity index is 1.90. The molecule has 0 radical (unpaired) electrons. The highest BCUT2D eigenvalue weighted by Crippen LogP contribution is 2.24. The molecule has 2 rings (SSSR count). The Morgan fingerprint density at radius 1 is 1.23 bits per heavy atom. The molecule has 1 unspecified atom stereocenters. The van der Waals surface area contributed by atoms with Crippen LogP contribution < -0.4 is 4.74 Å². The highest BCUT2D eigenvalue weighted by atomic mass is 35.5. The number of hydrogen-bond donors (Lipinski definition) is 2.